The Morgan fingerprint density at radius 2 is 2.12 bits per heavy atom. The van der Waals surface area contributed by atoms with Gasteiger partial charge in [-0.25, -0.2) is 0 Å². The first kappa shape index (κ1) is 12.0. The summed E-state index contributed by atoms with van der Waals surface area (Å²) in [7, 11) is -1.17. The third-order valence-electron chi connectivity index (χ3n) is 2.50. The van der Waals surface area contributed by atoms with Crippen molar-refractivity contribution < 1.29 is 13.6 Å². The molecule has 0 bridgehead atoms. The molecule has 0 aliphatic carbocycles. The van der Waals surface area contributed by atoms with Crippen LogP contribution in [-0.2, 0) is 13.6 Å². The van der Waals surface area contributed by atoms with Crippen molar-refractivity contribution in [2.45, 2.75) is 32.5 Å². The lowest BCUT2D eigenvalue weighted by atomic mass is 10.1. The average molecular weight is 240 g/mol. The standard InChI is InChI=1S/C12H17O3P/c1-10-8-9-13-16(14-10)15-11(2)12-6-4-3-5-7-12/h3-7,10-11H,8-9H2,1-2H3/t10-,11-,16?/m1/s1. The molecule has 2 rings (SSSR count). The molecule has 0 spiro atoms. The molecule has 0 radical (unpaired) electrons. The fourth-order valence-corrected chi connectivity index (χ4v) is 2.70. The Kier molecular flexibility index (Phi) is 4.30. The maximum absolute atomic E-state index is 5.77. The minimum Gasteiger partial charge on any atom is -0.312 e. The van der Waals surface area contributed by atoms with E-state index in [4.69, 9.17) is 13.6 Å². The lowest BCUT2D eigenvalue weighted by Gasteiger charge is -2.27. The predicted octanol–water partition coefficient (Wildman–Crippen LogP) is 3.82. The molecule has 3 nitrogen and oxygen atoms in total. The SMILES string of the molecule is C[C@@H]1CCOP(O[C@H](C)c2ccccc2)O1. The Morgan fingerprint density at radius 3 is 2.81 bits per heavy atom. The molecule has 4 heteroatoms. The monoisotopic (exact) mass is 240 g/mol. The first-order valence-corrected chi connectivity index (χ1v) is 6.67. The molecule has 0 saturated carbocycles. The second-order valence-electron chi connectivity index (χ2n) is 3.92. The predicted molar refractivity (Wildman–Crippen MR) is 64.0 cm³/mol. The molecule has 0 aromatic heterocycles. The second-order valence-corrected chi connectivity index (χ2v) is 5.05. The molecule has 88 valence electrons. The van der Waals surface area contributed by atoms with Crippen LogP contribution in [0.5, 0.6) is 0 Å². The summed E-state index contributed by atoms with van der Waals surface area (Å²) in [5.74, 6) is 0. The first-order chi connectivity index (χ1) is 7.75. The molecule has 3 atom stereocenters. The van der Waals surface area contributed by atoms with E-state index in [0.717, 1.165) is 18.6 Å². The van der Waals surface area contributed by atoms with E-state index in [1.165, 1.54) is 0 Å². The van der Waals surface area contributed by atoms with Crippen molar-refractivity contribution in [3.8, 4) is 0 Å². The third-order valence-corrected chi connectivity index (χ3v) is 3.91. The zero-order valence-electron chi connectivity index (χ0n) is 9.63. The van der Waals surface area contributed by atoms with Gasteiger partial charge in [-0.2, -0.15) is 0 Å². The van der Waals surface area contributed by atoms with Crippen LogP contribution in [0.3, 0.4) is 0 Å². The topological polar surface area (TPSA) is 27.7 Å². The van der Waals surface area contributed by atoms with E-state index in [1.54, 1.807) is 0 Å². The molecule has 16 heavy (non-hydrogen) atoms. The van der Waals surface area contributed by atoms with Gasteiger partial charge in [0.05, 0.1) is 18.8 Å². The van der Waals surface area contributed by atoms with E-state index in [2.05, 4.69) is 0 Å². The molecule has 0 amide bonds. The number of rotatable bonds is 3. The summed E-state index contributed by atoms with van der Waals surface area (Å²) < 4.78 is 16.8. The molecular weight excluding hydrogens is 223 g/mol. The minimum atomic E-state index is -1.17. The zero-order chi connectivity index (χ0) is 11.4. The smallest absolute Gasteiger partial charge is 0.312 e. The van der Waals surface area contributed by atoms with Crippen LogP contribution < -0.4 is 0 Å². The summed E-state index contributed by atoms with van der Waals surface area (Å²) in [5, 5.41) is 0. The van der Waals surface area contributed by atoms with Gasteiger partial charge in [0.25, 0.3) is 0 Å². The van der Waals surface area contributed by atoms with Crippen LogP contribution in [0.15, 0.2) is 30.3 Å². The average Bonchev–Trinajstić information content (AvgIpc) is 2.30. The van der Waals surface area contributed by atoms with Crippen LogP contribution >= 0.6 is 8.60 Å². The summed E-state index contributed by atoms with van der Waals surface area (Å²) in [6.07, 6.45) is 1.20. The van der Waals surface area contributed by atoms with E-state index >= 15 is 0 Å². The van der Waals surface area contributed by atoms with E-state index in [0.29, 0.717) is 0 Å². The van der Waals surface area contributed by atoms with Crippen LogP contribution in [0.25, 0.3) is 0 Å². The molecule has 1 aromatic carbocycles. The summed E-state index contributed by atoms with van der Waals surface area (Å²) in [4.78, 5) is 0. The van der Waals surface area contributed by atoms with Gasteiger partial charge in [0.15, 0.2) is 0 Å². The van der Waals surface area contributed by atoms with Crippen LogP contribution in [-0.4, -0.2) is 12.7 Å². The van der Waals surface area contributed by atoms with Crippen molar-refractivity contribution in [3.05, 3.63) is 35.9 Å². The normalized spacial score (nSPS) is 27.6. The number of benzene rings is 1. The third kappa shape index (κ3) is 3.26. The van der Waals surface area contributed by atoms with E-state index in [9.17, 15) is 0 Å². The largest absolute Gasteiger partial charge is 0.333 e. The Hall–Kier alpha value is -0.470. The zero-order valence-corrected chi connectivity index (χ0v) is 10.5. The summed E-state index contributed by atoms with van der Waals surface area (Å²) >= 11 is 0. The van der Waals surface area contributed by atoms with Gasteiger partial charge >= 0.3 is 8.60 Å². The highest BCUT2D eigenvalue weighted by atomic mass is 31.2. The molecule has 1 aliphatic heterocycles. The molecule has 0 N–H and O–H groups in total. The maximum atomic E-state index is 5.77. The minimum absolute atomic E-state index is 0.0117. The van der Waals surface area contributed by atoms with Crippen molar-refractivity contribution in [1.82, 2.24) is 0 Å². The fraction of sp³-hybridized carbons (Fsp3) is 0.500. The molecule has 1 aliphatic rings. The van der Waals surface area contributed by atoms with Gasteiger partial charge < -0.3 is 13.6 Å². The van der Waals surface area contributed by atoms with Crippen molar-refractivity contribution >= 4 is 8.60 Å². The van der Waals surface area contributed by atoms with Crippen molar-refractivity contribution in [2.24, 2.45) is 0 Å². The van der Waals surface area contributed by atoms with Gasteiger partial charge in [-0.15, -0.1) is 0 Å². The van der Waals surface area contributed by atoms with Crippen molar-refractivity contribution in [2.75, 3.05) is 6.61 Å². The maximum Gasteiger partial charge on any atom is 0.333 e. The van der Waals surface area contributed by atoms with Crippen LogP contribution in [0.2, 0.25) is 0 Å². The van der Waals surface area contributed by atoms with Crippen molar-refractivity contribution in [3.63, 3.8) is 0 Å². The van der Waals surface area contributed by atoms with Gasteiger partial charge in [0, 0.05) is 0 Å². The van der Waals surface area contributed by atoms with Crippen LogP contribution in [0.1, 0.15) is 31.9 Å². The second kappa shape index (κ2) is 5.74. The molecule has 1 fully saturated rings. The Balaban J connectivity index is 1.89. The summed E-state index contributed by atoms with van der Waals surface area (Å²) in [6.45, 7) is 4.80. The fourth-order valence-electron chi connectivity index (χ4n) is 1.49. The molecule has 1 heterocycles. The number of hydrogen-bond donors (Lipinski definition) is 0. The van der Waals surface area contributed by atoms with Crippen LogP contribution in [0, 0.1) is 0 Å². The number of hydrogen-bond acceptors (Lipinski definition) is 3. The van der Waals surface area contributed by atoms with Gasteiger partial charge in [-0.3, -0.25) is 0 Å². The van der Waals surface area contributed by atoms with Gasteiger partial charge in [0.1, 0.15) is 0 Å². The first-order valence-electron chi connectivity index (χ1n) is 5.57. The van der Waals surface area contributed by atoms with E-state index < -0.39 is 8.60 Å². The highest BCUT2D eigenvalue weighted by Gasteiger charge is 2.24. The highest BCUT2D eigenvalue weighted by Crippen LogP contribution is 2.48. The quantitative estimate of drug-likeness (QED) is 0.752. The van der Waals surface area contributed by atoms with E-state index in [1.807, 2.05) is 44.2 Å². The molecule has 1 saturated heterocycles. The van der Waals surface area contributed by atoms with Gasteiger partial charge in [-0.1, -0.05) is 30.3 Å². The summed E-state index contributed by atoms with van der Waals surface area (Å²) in [6, 6.07) is 10.1. The van der Waals surface area contributed by atoms with E-state index in [-0.39, 0.29) is 12.2 Å². The summed E-state index contributed by atoms with van der Waals surface area (Å²) in [5.41, 5.74) is 1.15. The Morgan fingerprint density at radius 1 is 1.38 bits per heavy atom. The lowest BCUT2D eigenvalue weighted by molar-refractivity contribution is 0.0549. The Bertz CT molecular complexity index is 317. The highest BCUT2D eigenvalue weighted by molar-refractivity contribution is 7.41. The molecule has 1 aromatic rings. The lowest BCUT2D eigenvalue weighted by Crippen LogP contribution is -2.16. The van der Waals surface area contributed by atoms with Crippen molar-refractivity contribution in [1.29, 1.82) is 0 Å². The van der Waals surface area contributed by atoms with Gasteiger partial charge in [0.2, 0.25) is 0 Å². The molecular formula is C12H17O3P. The Labute approximate surface area is 97.7 Å². The molecule has 1 unspecified atom stereocenters. The van der Waals surface area contributed by atoms with Gasteiger partial charge in [-0.05, 0) is 25.8 Å². The van der Waals surface area contributed by atoms with Crippen LogP contribution in [0.4, 0.5) is 0 Å².